The lowest BCUT2D eigenvalue weighted by Gasteiger charge is -2.46. The van der Waals surface area contributed by atoms with E-state index in [-0.39, 0.29) is 18.2 Å². The zero-order valence-corrected chi connectivity index (χ0v) is 22.8. The van der Waals surface area contributed by atoms with Crippen LogP contribution in [0.15, 0.2) is 60.7 Å². The molecule has 0 radical (unpaired) electrons. The second kappa shape index (κ2) is 7.93. The molecule has 0 amide bonds. The lowest BCUT2D eigenvalue weighted by Crippen LogP contribution is -2.64. The maximum atomic E-state index is 13.3. The van der Waals surface area contributed by atoms with Gasteiger partial charge in [-0.3, -0.25) is 0 Å². The topological polar surface area (TPSA) is 51.2 Å². The van der Waals surface area contributed by atoms with Crippen LogP contribution in [0.25, 0.3) is 0 Å². The van der Waals surface area contributed by atoms with E-state index in [1.165, 1.54) is 21.7 Å². The van der Waals surface area contributed by atoms with Gasteiger partial charge in [0.05, 0.1) is 17.8 Å². The molecular formula is C30H32N2O4Si. The molecule has 4 aliphatic rings. The number of benzene rings is 3. The van der Waals surface area contributed by atoms with Gasteiger partial charge in [-0.25, -0.2) is 4.79 Å². The van der Waals surface area contributed by atoms with E-state index in [4.69, 9.17) is 14.2 Å². The van der Waals surface area contributed by atoms with Crippen molar-refractivity contribution in [3.8, 4) is 0 Å². The van der Waals surface area contributed by atoms with Crippen LogP contribution >= 0.6 is 0 Å². The summed E-state index contributed by atoms with van der Waals surface area (Å²) in [4.78, 5) is 18.0. The zero-order chi connectivity index (χ0) is 25.5. The van der Waals surface area contributed by atoms with E-state index in [2.05, 4.69) is 65.4 Å². The molecule has 0 bridgehead atoms. The maximum Gasteiger partial charge on any atom is 0.340 e. The summed E-state index contributed by atoms with van der Waals surface area (Å²) in [7, 11) is 1.40. The van der Waals surface area contributed by atoms with Crippen molar-refractivity contribution in [1.29, 1.82) is 0 Å². The van der Waals surface area contributed by atoms with Crippen molar-refractivity contribution in [2.45, 2.75) is 30.9 Å². The van der Waals surface area contributed by atoms with E-state index in [1.807, 2.05) is 18.2 Å². The average Bonchev–Trinajstić information content (AvgIpc) is 3.15. The minimum atomic E-state index is -2.16. The Bertz CT molecular complexity index is 1350. The maximum absolute atomic E-state index is 13.3. The van der Waals surface area contributed by atoms with E-state index in [1.54, 1.807) is 14.2 Å². The molecule has 2 fully saturated rings. The number of hydrogen-bond acceptors (Lipinski definition) is 6. The van der Waals surface area contributed by atoms with Crippen LogP contribution in [0.4, 0.5) is 11.4 Å². The van der Waals surface area contributed by atoms with Gasteiger partial charge in [-0.2, -0.15) is 0 Å². The van der Waals surface area contributed by atoms with Crippen LogP contribution in [0.3, 0.4) is 0 Å². The number of carbonyl (C=O) groups excluding carboxylic acids is 1. The Hall–Kier alpha value is -3.13. The number of rotatable bonds is 4. The number of methoxy groups -OCH3 is 2. The molecule has 37 heavy (non-hydrogen) atoms. The second-order valence-electron chi connectivity index (χ2n) is 11.2. The van der Waals surface area contributed by atoms with E-state index in [0.29, 0.717) is 5.56 Å². The van der Waals surface area contributed by atoms with Gasteiger partial charge in [0.2, 0.25) is 0 Å². The van der Waals surface area contributed by atoms with Crippen molar-refractivity contribution in [3.05, 3.63) is 82.9 Å². The molecule has 0 aromatic heterocycles. The van der Waals surface area contributed by atoms with Crippen molar-refractivity contribution in [2.75, 3.05) is 50.2 Å². The average molecular weight is 513 g/mol. The lowest BCUT2D eigenvalue weighted by molar-refractivity contribution is 0.0255. The third kappa shape index (κ3) is 3.08. The highest BCUT2D eigenvalue weighted by atomic mass is 28.3. The largest absolute Gasteiger partial charge is 0.441 e. The first kappa shape index (κ1) is 23.0. The normalized spacial score (nSPS) is 21.1. The lowest BCUT2D eigenvalue weighted by atomic mass is 9.79. The first-order valence-corrected chi connectivity index (χ1v) is 16.0. The molecule has 2 saturated heterocycles. The summed E-state index contributed by atoms with van der Waals surface area (Å²) in [5, 5.41) is 2.66. The Morgan fingerprint density at radius 2 is 1.30 bits per heavy atom. The Labute approximate surface area is 218 Å². The van der Waals surface area contributed by atoms with Crippen LogP contribution in [-0.2, 0) is 19.8 Å². The van der Waals surface area contributed by atoms with E-state index in [9.17, 15) is 4.79 Å². The van der Waals surface area contributed by atoms with Crippen molar-refractivity contribution in [1.82, 2.24) is 0 Å². The second-order valence-corrected chi connectivity index (χ2v) is 15.6. The van der Waals surface area contributed by atoms with Gasteiger partial charge in [0.1, 0.15) is 8.07 Å². The fraction of sp³-hybridized carbons (Fsp3) is 0.367. The summed E-state index contributed by atoms with van der Waals surface area (Å²) in [6, 6.07) is 21.4. The van der Waals surface area contributed by atoms with Crippen LogP contribution in [0.5, 0.6) is 0 Å². The molecule has 0 N–H and O–H groups in total. The van der Waals surface area contributed by atoms with Crippen LogP contribution in [-0.4, -0.2) is 66.6 Å². The molecule has 0 unspecified atom stereocenters. The molecule has 0 aliphatic carbocycles. The summed E-state index contributed by atoms with van der Waals surface area (Å²) in [5.41, 5.74) is 5.32. The highest BCUT2D eigenvalue weighted by Crippen LogP contribution is 2.49. The fourth-order valence-corrected chi connectivity index (χ4v) is 9.78. The van der Waals surface area contributed by atoms with Gasteiger partial charge in [0.15, 0.2) is 5.60 Å². The third-order valence-electron chi connectivity index (χ3n) is 8.98. The molecule has 190 valence electrons. The standard InChI is InChI=1S/C30H32N2O4Si/c1-34-21-15-31(16-21)19-9-11-25-27(13-19)37(3,4)28-14-20(32-17-22(18-32)35-2)10-12-26(28)30(25)24-8-6-5-7-23(24)29(33)36-30/h5-14,21-22H,15-18H2,1-4H3. The third-order valence-corrected chi connectivity index (χ3v) is 12.5. The smallest absolute Gasteiger partial charge is 0.340 e. The SMILES string of the molecule is COC1CN(c2ccc3c(c2)[Si](C)(C)c2cc(N4CC(OC)C4)ccc2C32OC(=O)c3ccccc32)C1. The highest BCUT2D eigenvalue weighted by molar-refractivity contribution is 7.01. The number of ether oxygens (including phenoxy) is 3. The molecule has 3 aromatic carbocycles. The molecular weight excluding hydrogens is 480 g/mol. The molecule has 0 atom stereocenters. The van der Waals surface area contributed by atoms with E-state index in [0.717, 1.165) is 42.9 Å². The molecule has 7 rings (SSSR count). The Balaban J connectivity index is 1.43. The summed E-state index contributed by atoms with van der Waals surface area (Å²) in [6.45, 7) is 8.45. The number of hydrogen-bond donors (Lipinski definition) is 0. The van der Waals surface area contributed by atoms with Gasteiger partial charge in [-0.15, -0.1) is 0 Å². The van der Waals surface area contributed by atoms with Gasteiger partial charge in [-0.05, 0) is 40.7 Å². The van der Waals surface area contributed by atoms with Gasteiger partial charge in [0.25, 0.3) is 0 Å². The zero-order valence-electron chi connectivity index (χ0n) is 21.8. The molecule has 7 heteroatoms. The highest BCUT2D eigenvalue weighted by Gasteiger charge is 2.56. The Kier molecular flexibility index (Phi) is 4.93. The summed E-state index contributed by atoms with van der Waals surface area (Å²) in [5.74, 6) is -0.251. The summed E-state index contributed by atoms with van der Waals surface area (Å²) >= 11 is 0. The Morgan fingerprint density at radius 1 is 0.784 bits per heavy atom. The minimum absolute atomic E-state index is 0.251. The molecule has 0 saturated carbocycles. The van der Waals surface area contributed by atoms with E-state index < -0.39 is 13.7 Å². The molecule has 1 spiro atoms. The fourth-order valence-electron chi connectivity index (χ4n) is 6.61. The van der Waals surface area contributed by atoms with Crippen molar-refractivity contribution in [2.24, 2.45) is 0 Å². The van der Waals surface area contributed by atoms with Crippen molar-refractivity contribution in [3.63, 3.8) is 0 Å². The van der Waals surface area contributed by atoms with Crippen LogP contribution in [0.2, 0.25) is 13.1 Å². The number of fused-ring (bicyclic) bond motifs is 6. The quantitative estimate of drug-likeness (QED) is 0.396. The van der Waals surface area contributed by atoms with E-state index >= 15 is 0 Å². The first-order valence-electron chi connectivity index (χ1n) is 13.0. The molecule has 6 nitrogen and oxygen atoms in total. The molecule has 3 aromatic rings. The first-order chi connectivity index (χ1) is 17.9. The summed E-state index contributed by atoms with van der Waals surface area (Å²) < 4.78 is 17.5. The predicted molar refractivity (Wildman–Crippen MR) is 147 cm³/mol. The van der Waals surface area contributed by atoms with Crippen LogP contribution in [0.1, 0.15) is 27.0 Å². The van der Waals surface area contributed by atoms with Gasteiger partial charge in [-0.1, -0.05) is 43.4 Å². The summed E-state index contributed by atoms with van der Waals surface area (Å²) in [6.07, 6.45) is 0.567. The predicted octanol–water partition coefficient (Wildman–Crippen LogP) is 2.95. The molecule has 4 heterocycles. The van der Waals surface area contributed by atoms with Gasteiger partial charge < -0.3 is 24.0 Å². The van der Waals surface area contributed by atoms with Gasteiger partial charge >= 0.3 is 5.97 Å². The minimum Gasteiger partial charge on any atom is -0.441 e. The van der Waals surface area contributed by atoms with Crippen molar-refractivity contribution >= 4 is 35.8 Å². The number of nitrogens with zero attached hydrogens (tertiary/aromatic N) is 2. The van der Waals surface area contributed by atoms with Crippen LogP contribution in [0, 0.1) is 0 Å². The van der Waals surface area contributed by atoms with Crippen molar-refractivity contribution < 1.29 is 19.0 Å². The monoisotopic (exact) mass is 512 g/mol. The van der Waals surface area contributed by atoms with Crippen LogP contribution < -0.4 is 20.2 Å². The molecule has 4 aliphatic heterocycles. The van der Waals surface area contributed by atoms with Gasteiger partial charge in [0, 0.05) is 68.5 Å². The number of anilines is 2. The number of carbonyl (C=O) groups is 1. The number of esters is 1. The Morgan fingerprint density at radius 3 is 1.81 bits per heavy atom.